The van der Waals surface area contributed by atoms with E-state index in [2.05, 4.69) is 37.9 Å². The normalized spacial score (nSPS) is 16.0. The Morgan fingerprint density at radius 3 is 2.29 bits per heavy atom. The summed E-state index contributed by atoms with van der Waals surface area (Å²) in [6.45, 7) is 10.5. The zero-order valence-corrected chi connectivity index (χ0v) is 13.8. The Bertz CT molecular complexity index is 446. The van der Waals surface area contributed by atoms with Crippen molar-refractivity contribution in [3.05, 3.63) is 35.4 Å². The first-order valence-electron chi connectivity index (χ1n) is 7.79. The molecule has 0 fully saturated rings. The number of rotatable bonds is 8. The third-order valence-corrected chi connectivity index (χ3v) is 4.76. The lowest BCUT2D eigenvalue weighted by molar-refractivity contribution is 0.0727. The van der Waals surface area contributed by atoms with E-state index in [-0.39, 0.29) is 11.6 Å². The number of nitrogens with zero attached hydrogens (tertiary/aromatic N) is 1. The van der Waals surface area contributed by atoms with Crippen LogP contribution in [0.5, 0.6) is 0 Å². The monoisotopic (exact) mass is 298 g/mol. The third kappa shape index (κ3) is 3.80. The molecule has 0 bridgehead atoms. The molecule has 120 valence electrons. The van der Waals surface area contributed by atoms with Crippen molar-refractivity contribution >= 4 is 0 Å². The van der Waals surface area contributed by atoms with Gasteiger partial charge in [-0.25, -0.2) is 8.78 Å². The molecule has 0 saturated heterocycles. The summed E-state index contributed by atoms with van der Waals surface area (Å²) >= 11 is 0. The highest BCUT2D eigenvalue weighted by molar-refractivity contribution is 5.21. The number of halogens is 2. The van der Waals surface area contributed by atoms with Gasteiger partial charge >= 0.3 is 0 Å². The van der Waals surface area contributed by atoms with Crippen molar-refractivity contribution < 1.29 is 8.78 Å². The van der Waals surface area contributed by atoms with Gasteiger partial charge in [0.1, 0.15) is 0 Å². The van der Waals surface area contributed by atoms with Crippen molar-refractivity contribution in [3.8, 4) is 0 Å². The van der Waals surface area contributed by atoms with Crippen LogP contribution in [-0.4, -0.2) is 36.6 Å². The molecule has 21 heavy (non-hydrogen) atoms. The van der Waals surface area contributed by atoms with Gasteiger partial charge in [-0.2, -0.15) is 0 Å². The van der Waals surface area contributed by atoms with Crippen molar-refractivity contribution in [2.75, 3.05) is 20.1 Å². The molecule has 0 aliphatic rings. The number of hydrogen-bond acceptors (Lipinski definition) is 2. The molecule has 0 aliphatic heterocycles. The molecule has 1 aromatic carbocycles. The first-order chi connectivity index (χ1) is 9.94. The minimum atomic E-state index is -0.775. The zero-order chi connectivity index (χ0) is 16.0. The smallest absolute Gasteiger partial charge is 0.162 e. The van der Waals surface area contributed by atoms with Gasteiger partial charge in [0.15, 0.2) is 11.6 Å². The third-order valence-electron chi connectivity index (χ3n) is 4.76. The van der Waals surface area contributed by atoms with Crippen LogP contribution in [0, 0.1) is 11.6 Å². The van der Waals surface area contributed by atoms with Crippen molar-refractivity contribution in [3.63, 3.8) is 0 Å². The first-order valence-corrected chi connectivity index (χ1v) is 7.79. The van der Waals surface area contributed by atoms with Crippen molar-refractivity contribution in [1.82, 2.24) is 10.2 Å². The Morgan fingerprint density at radius 1 is 1.19 bits per heavy atom. The molecule has 0 heterocycles. The molecule has 1 aromatic rings. The molecule has 0 radical (unpaired) electrons. The molecule has 0 spiro atoms. The van der Waals surface area contributed by atoms with Gasteiger partial charge in [-0.05, 0) is 51.5 Å². The van der Waals surface area contributed by atoms with E-state index in [1.165, 1.54) is 0 Å². The SMILES string of the molecule is CCN(CC)C(C)(CC)C(Cc1cccc(F)c1F)NC. The number of likely N-dealkylation sites (N-methyl/N-ethyl adjacent to an activating group) is 2. The molecular weight excluding hydrogens is 270 g/mol. The number of nitrogens with one attached hydrogen (secondary N) is 1. The Labute approximate surface area is 127 Å². The van der Waals surface area contributed by atoms with Gasteiger partial charge in [0.2, 0.25) is 0 Å². The van der Waals surface area contributed by atoms with E-state index in [4.69, 9.17) is 0 Å². The summed E-state index contributed by atoms with van der Waals surface area (Å²) < 4.78 is 27.3. The second-order valence-electron chi connectivity index (χ2n) is 5.64. The molecule has 0 aromatic heterocycles. The lowest BCUT2D eigenvalue weighted by atomic mass is 9.83. The van der Waals surface area contributed by atoms with Crippen LogP contribution in [-0.2, 0) is 6.42 Å². The Hall–Kier alpha value is -1.00. The molecule has 2 unspecified atom stereocenters. The Kier molecular flexibility index (Phi) is 6.75. The summed E-state index contributed by atoms with van der Waals surface area (Å²) in [6, 6.07) is 4.46. The summed E-state index contributed by atoms with van der Waals surface area (Å²) in [5.41, 5.74) is 0.331. The molecule has 1 rings (SSSR count). The van der Waals surface area contributed by atoms with Crippen LogP contribution in [0.4, 0.5) is 8.78 Å². The summed E-state index contributed by atoms with van der Waals surface area (Å²) in [5.74, 6) is -1.50. The maximum atomic E-state index is 13.9. The fraction of sp³-hybridized carbons (Fsp3) is 0.647. The van der Waals surface area contributed by atoms with Gasteiger partial charge in [-0.1, -0.05) is 32.9 Å². The molecule has 1 N–H and O–H groups in total. The van der Waals surface area contributed by atoms with Gasteiger partial charge in [-0.15, -0.1) is 0 Å². The predicted molar refractivity (Wildman–Crippen MR) is 84.5 cm³/mol. The van der Waals surface area contributed by atoms with Gasteiger partial charge in [0.05, 0.1) is 0 Å². The second kappa shape index (κ2) is 7.85. The Morgan fingerprint density at radius 2 is 1.81 bits per heavy atom. The van der Waals surface area contributed by atoms with Crippen molar-refractivity contribution in [2.45, 2.75) is 52.1 Å². The lowest BCUT2D eigenvalue weighted by Gasteiger charge is -2.46. The van der Waals surface area contributed by atoms with E-state index >= 15 is 0 Å². The number of hydrogen-bond donors (Lipinski definition) is 1. The van der Waals surface area contributed by atoms with Crippen LogP contribution < -0.4 is 5.32 Å². The van der Waals surface area contributed by atoms with Crippen molar-refractivity contribution in [2.24, 2.45) is 0 Å². The molecule has 0 saturated carbocycles. The molecule has 2 nitrogen and oxygen atoms in total. The minimum Gasteiger partial charge on any atom is -0.315 e. The summed E-state index contributed by atoms with van der Waals surface area (Å²) in [7, 11) is 1.89. The highest BCUT2D eigenvalue weighted by atomic mass is 19.2. The van der Waals surface area contributed by atoms with Gasteiger partial charge in [0, 0.05) is 11.6 Å². The maximum Gasteiger partial charge on any atom is 0.162 e. The molecule has 4 heteroatoms. The minimum absolute atomic E-state index is 0.0544. The Balaban J connectivity index is 3.08. The van der Waals surface area contributed by atoms with Crippen LogP contribution in [0.15, 0.2) is 18.2 Å². The molecule has 2 atom stereocenters. The van der Waals surface area contributed by atoms with Crippen LogP contribution in [0.25, 0.3) is 0 Å². The predicted octanol–water partition coefficient (Wildman–Crippen LogP) is 3.61. The van der Waals surface area contributed by atoms with Crippen LogP contribution in [0.2, 0.25) is 0 Å². The average molecular weight is 298 g/mol. The second-order valence-corrected chi connectivity index (χ2v) is 5.64. The van der Waals surface area contributed by atoms with Crippen LogP contribution in [0.3, 0.4) is 0 Å². The van der Waals surface area contributed by atoms with Crippen LogP contribution in [0.1, 0.15) is 39.7 Å². The largest absolute Gasteiger partial charge is 0.315 e. The topological polar surface area (TPSA) is 15.3 Å². The maximum absolute atomic E-state index is 13.9. The average Bonchev–Trinajstić information content (AvgIpc) is 2.49. The van der Waals surface area contributed by atoms with Gasteiger partial charge in [-0.3, -0.25) is 4.90 Å². The molecule has 0 amide bonds. The van der Waals surface area contributed by atoms with Crippen molar-refractivity contribution in [1.29, 1.82) is 0 Å². The highest BCUT2D eigenvalue weighted by Gasteiger charge is 2.36. The highest BCUT2D eigenvalue weighted by Crippen LogP contribution is 2.27. The summed E-state index contributed by atoms with van der Waals surface area (Å²) in [5, 5.41) is 3.31. The van der Waals surface area contributed by atoms with E-state index < -0.39 is 11.6 Å². The van der Waals surface area contributed by atoms with E-state index in [9.17, 15) is 8.78 Å². The first kappa shape index (κ1) is 18.1. The van der Waals surface area contributed by atoms with Crippen LogP contribution >= 0.6 is 0 Å². The quantitative estimate of drug-likeness (QED) is 0.789. The van der Waals surface area contributed by atoms with E-state index in [1.807, 2.05) is 7.05 Å². The van der Waals surface area contributed by atoms with E-state index in [0.717, 1.165) is 25.6 Å². The zero-order valence-electron chi connectivity index (χ0n) is 13.8. The molecular formula is C17H28F2N2. The van der Waals surface area contributed by atoms with E-state index in [0.29, 0.717) is 12.0 Å². The lowest BCUT2D eigenvalue weighted by Crippen LogP contribution is -2.59. The number of benzene rings is 1. The standard InChI is InChI=1S/C17H28F2N2/c1-6-17(4,21(7-2)8-3)15(20-5)12-13-10-9-11-14(18)16(13)19/h9-11,15,20H,6-8,12H2,1-5H3. The fourth-order valence-corrected chi connectivity index (χ4v) is 3.20. The van der Waals surface area contributed by atoms with Gasteiger partial charge in [0.25, 0.3) is 0 Å². The van der Waals surface area contributed by atoms with Gasteiger partial charge < -0.3 is 5.32 Å². The fourth-order valence-electron chi connectivity index (χ4n) is 3.20. The van der Waals surface area contributed by atoms with E-state index in [1.54, 1.807) is 12.1 Å². The molecule has 0 aliphatic carbocycles. The summed E-state index contributed by atoms with van der Waals surface area (Å²) in [6.07, 6.45) is 1.41. The summed E-state index contributed by atoms with van der Waals surface area (Å²) in [4.78, 5) is 2.38.